The van der Waals surface area contributed by atoms with Gasteiger partial charge in [0.2, 0.25) is 0 Å². The molecule has 0 atom stereocenters. The van der Waals surface area contributed by atoms with E-state index in [4.69, 9.17) is 4.74 Å². The van der Waals surface area contributed by atoms with Crippen molar-refractivity contribution in [3.63, 3.8) is 0 Å². The van der Waals surface area contributed by atoms with Gasteiger partial charge in [0.15, 0.2) is 0 Å². The van der Waals surface area contributed by atoms with Gasteiger partial charge in [0, 0.05) is 15.6 Å². The molecule has 0 aliphatic carbocycles. The lowest BCUT2D eigenvalue weighted by atomic mass is 10.0. The number of carbonyl (C=O) groups excluding carboxylic acids is 3. The summed E-state index contributed by atoms with van der Waals surface area (Å²) in [4.78, 5) is 37.2. The SMILES string of the molecule is Cc1ccc(C(=O)Oc2ccc3ccccc3c2C=NNC(=O)CNC(=O)c2cccc(Br)c2)cc1. The number of fused-ring (bicyclic) bond motifs is 1. The third-order valence-electron chi connectivity index (χ3n) is 5.30. The van der Waals surface area contributed by atoms with Gasteiger partial charge < -0.3 is 10.1 Å². The summed E-state index contributed by atoms with van der Waals surface area (Å²) in [5.74, 6) is -1.08. The Morgan fingerprint density at radius 1 is 0.917 bits per heavy atom. The van der Waals surface area contributed by atoms with Crippen LogP contribution in [0, 0.1) is 6.92 Å². The zero-order valence-electron chi connectivity index (χ0n) is 19.3. The summed E-state index contributed by atoms with van der Waals surface area (Å²) in [6.07, 6.45) is 1.42. The van der Waals surface area contributed by atoms with Crippen LogP contribution in [0.5, 0.6) is 5.75 Å². The molecule has 180 valence electrons. The second kappa shape index (κ2) is 11.4. The fourth-order valence-corrected chi connectivity index (χ4v) is 3.85. The zero-order valence-corrected chi connectivity index (χ0v) is 20.9. The van der Waals surface area contributed by atoms with Gasteiger partial charge in [-0.2, -0.15) is 5.10 Å². The molecule has 7 nitrogen and oxygen atoms in total. The number of nitrogens with one attached hydrogen (secondary N) is 2. The lowest BCUT2D eigenvalue weighted by molar-refractivity contribution is -0.120. The number of amides is 2. The van der Waals surface area contributed by atoms with E-state index in [-0.39, 0.29) is 12.5 Å². The van der Waals surface area contributed by atoms with Crippen molar-refractivity contribution in [2.45, 2.75) is 6.92 Å². The molecule has 4 aromatic rings. The van der Waals surface area contributed by atoms with E-state index in [0.717, 1.165) is 20.8 Å². The molecule has 0 aromatic heterocycles. The fourth-order valence-electron chi connectivity index (χ4n) is 3.45. The molecule has 0 aliphatic rings. The van der Waals surface area contributed by atoms with Crippen LogP contribution in [0.2, 0.25) is 0 Å². The van der Waals surface area contributed by atoms with Gasteiger partial charge in [-0.05, 0) is 54.1 Å². The van der Waals surface area contributed by atoms with Crippen LogP contribution >= 0.6 is 15.9 Å². The van der Waals surface area contributed by atoms with Gasteiger partial charge in [0.25, 0.3) is 11.8 Å². The van der Waals surface area contributed by atoms with Gasteiger partial charge in [-0.25, -0.2) is 10.2 Å². The van der Waals surface area contributed by atoms with Gasteiger partial charge in [-0.1, -0.05) is 70.0 Å². The van der Waals surface area contributed by atoms with Crippen LogP contribution in [0.25, 0.3) is 10.8 Å². The predicted molar refractivity (Wildman–Crippen MR) is 142 cm³/mol. The molecule has 4 aromatic carbocycles. The molecule has 0 saturated heterocycles. The summed E-state index contributed by atoms with van der Waals surface area (Å²) in [6, 6.07) is 25.0. The minimum Gasteiger partial charge on any atom is -0.422 e. The van der Waals surface area contributed by atoms with Crippen molar-refractivity contribution < 1.29 is 19.1 Å². The Balaban J connectivity index is 1.47. The molecule has 0 aliphatic heterocycles. The molecule has 0 bridgehead atoms. The van der Waals surface area contributed by atoms with Crippen LogP contribution in [0.4, 0.5) is 0 Å². The van der Waals surface area contributed by atoms with Crippen LogP contribution in [0.15, 0.2) is 94.5 Å². The average Bonchev–Trinajstić information content (AvgIpc) is 2.88. The molecular formula is C28H22BrN3O4. The molecule has 0 spiro atoms. The topological polar surface area (TPSA) is 96.9 Å². The third-order valence-corrected chi connectivity index (χ3v) is 5.79. The Bertz CT molecular complexity index is 1470. The second-order valence-corrected chi connectivity index (χ2v) is 8.86. The summed E-state index contributed by atoms with van der Waals surface area (Å²) in [5.41, 5.74) is 4.82. The molecule has 8 heteroatoms. The van der Waals surface area contributed by atoms with Crippen molar-refractivity contribution in [2.24, 2.45) is 5.10 Å². The van der Waals surface area contributed by atoms with Gasteiger partial charge in [0.1, 0.15) is 5.75 Å². The Kier molecular flexibility index (Phi) is 7.87. The number of hydrogen-bond acceptors (Lipinski definition) is 5. The summed E-state index contributed by atoms with van der Waals surface area (Å²) in [5, 5.41) is 8.30. The van der Waals surface area contributed by atoms with Crippen molar-refractivity contribution in [3.05, 3.63) is 112 Å². The number of halogens is 1. The zero-order chi connectivity index (χ0) is 25.5. The quantitative estimate of drug-likeness (QED) is 0.148. The number of benzene rings is 4. The average molecular weight is 544 g/mol. The van der Waals surface area contributed by atoms with E-state index in [1.807, 2.05) is 49.4 Å². The lowest BCUT2D eigenvalue weighted by Crippen LogP contribution is -2.34. The number of hydrazone groups is 1. The van der Waals surface area contributed by atoms with E-state index in [9.17, 15) is 14.4 Å². The Morgan fingerprint density at radius 2 is 1.69 bits per heavy atom. The Morgan fingerprint density at radius 3 is 2.47 bits per heavy atom. The van der Waals surface area contributed by atoms with Crippen LogP contribution in [0.1, 0.15) is 31.8 Å². The number of aryl methyl sites for hydroxylation is 1. The summed E-state index contributed by atoms with van der Waals surface area (Å²) < 4.78 is 6.43. The van der Waals surface area contributed by atoms with Gasteiger partial charge >= 0.3 is 5.97 Å². The number of ether oxygens (including phenoxy) is 1. The van der Waals surface area contributed by atoms with Crippen molar-refractivity contribution in [1.82, 2.24) is 10.7 Å². The maximum atomic E-state index is 12.7. The number of hydrogen-bond donors (Lipinski definition) is 2. The molecule has 36 heavy (non-hydrogen) atoms. The van der Waals surface area contributed by atoms with Crippen LogP contribution in [-0.2, 0) is 4.79 Å². The van der Waals surface area contributed by atoms with Crippen molar-refractivity contribution >= 4 is 50.7 Å². The van der Waals surface area contributed by atoms with Crippen molar-refractivity contribution in [1.29, 1.82) is 0 Å². The van der Waals surface area contributed by atoms with Crippen molar-refractivity contribution in [2.75, 3.05) is 6.54 Å². The highest BCUT2D eigenvalue weighted by atomic mass is 79.9. The van der Waals surface area contributed by atoms with E-state index < -0.39 is 11.9 Å². The number of rotatable bonds is 7. The standard InChI is InChI=1S/C28H22BrN3O4/c1-18-9-11-20(12-10-18)28(35)36-25-14-13-19-5-2-3-8-23(19)24(25)16-31-32-26(33)17-30-27(34)21-6-4-7-22(29)15-21/h2-16H,17H2,1H3,(H,30,34)(H,32,33). The first kappa shape index (κ1) is 24.8. The Hall–Kier alpha value is -4.30. The maximum Gasteiger partial charge on any atom is 0.343 e. The number of carbonyl (C=O) groups is 3. The summed E-state index contributed by atoms with van der Waals surface area (Å²) in [7, 11) is 0. The first-order chi connectivity index (χ1) is 17.4. The molecule has 0 saturated carbocycles. The number of esters is 1. The van der Waals surface area contributed by atoms with Gasteiger partial charge in [0.05, 0.1) is 18.3 Å². The lowest BCUT2D eigenvalue weighted by Gasteiger charge is -2.11. The molecule has 4 rings (SSSR count). The van der Waals surface area contributed by atoms with E-state index in [2.05, 4.69) is 31.8 Å². The summed E-state index contributed by atoms with van der Waals surface area (Å²) in [6.45, 7) is 1.68. The molecular weight excluding hydrogens is 522 g/mol. The van der Waals surface area contributed by atoms with Crippen LogP contribution in [0.3, 0.4) is 0 Å². The van der Waals surface area contributed by atoms with E-state index in [0.29, 0.717) is 22.4 Å². The molecule has 0 unspecified atom stereocenters. The van der Waals surface area contributed by atoms with Crippen LogP contribution in [-0.4, -0.2) is 30.5 Å². The second-order valence-electron chi connectivity index (χ2n) is 7.94. The molecule has 2 amide bonds. The minimum absolute atomic E-state index is 0.256. The van der Waals surface area contributed by atoms with Crippen LogP contribution < -0.4 is 15.5 Å². The normalized spacial score (nSPS) is 10.8. The highest BCUT2D eigenvalue weighted by Crippen LogP contribution is 2.27. The number of nitrogens with zero attached hydrogens (tertiary/aromatic N) is 1. The Labute approximate surface area is 216 Å². The monoisotopic (exact) mass is 543 g/mol. The van der Waals surface area contributed by atoms with Gasteiger partial charge in [-0.15, -0.1) is 0 Å². The first-order valence-corrected chi connectivity index (χ1v) is 11.9. The molecule has 0 radical (unpaired) electrons. The van der Waals surface area contributed by atoms with E-state index in [1.165, 1.54) is 6.21 Å². The van der Waals surface area contributed by atoms with Gasteiger partial charge in [-0.3, -0.25) is 9.59 Å². The predicted octanol–water partition coefficient (Wildman–Crippen LogP) is 5.01. The smallest absolute Gasteiger partial charge is 0.343 e. The highest BCUT2D eigenvalue weighted by Gasteiger charge is 2.14. The first-order valence-electron chi connectivity index (χ1n) is 11.1. The molecule has 2 N–H and O–H groups in total. The fraction of sp³-hybridized carbons (Fsp3) is 0.0714. The molecule has 0 heterocycles. The van der Waals surface area contributed by atoms with E-state index >= 15 is 0 Å². The van der Waals surface area contributed by atoms with Crippen molar-refractivity contribution in [3.8, 4) is 5.75 Å². The third kappa shape index (κ3) is 6.22. The maximum absolute atomic E-state index is 12.7. The molecule has 0 fully saturated rings. The largest absolute Gasteiger partial charge is 0.422 e. The van der Waals surface area contributed by atoms with E-state index in [1.54, 1.807) is 42.5 Å². The minimum atomic E-state index is -0.506. The highest BCUT2D eigenvalue weighted by molar-refractivity contribution is 9.10. The summed E-state index contributed by atoms with van der Waals surface area (Å²) >= 11 is 3.31.